The van der Waals surface area contributed by atoms with E-state index in [0.29, 0.717) is 48.0 Å². The first kappa shape index (κ1) is 16.4. The number of benzene rings is 1. The summed E-state index contributed by atoms with van der Waals surface area (Å²) in [4.78, 5) is 27.4. The van der Waals surface area contributed by atoms with E-state index in [1.54, 1.807) is 18.2 Å². The van der Waals surface area contributed by atoms with E-state index in [1.165, 1.54) is 0 Å². The number of carboxylic acid groups (broad SMARTS) is 1. The van der Waals surface area contributed by atoms with Crippen LogP contribution in [0.1, 0.15) is 25.1 Å². The molecule has 1 fully saturated rings. The third-order valence-electron chi connectivity index (χ3n) is 4.66. The highest BCUT2D eigenvalue weighted by atomic mass is 16.7. The molecule has 9 heteroatoms. The van der Waals surface area contributed by atoms with Crippen molar-refractivity contribution >= 4 is 11.9 Å². The maximum Gasteiger partial charge on any atom is 0.306 e. The van der Waals surface area contributed by atoms with Gasteiger partial charge in [-0.25, -0.2) is 0 Å². The Hall–Kier alpha value is -3.10. The molecule has 4 rings (SSSR count). The molecule has 9 nitrogen and oxygen atoms in total. The number of hydrogen-bond donors (Lipinski definition) is 2. The number of carbonyl (C=O) groups is 2. The number of hydrogen-bond acceptors (Lipinski definition) is 7. The minimum Gasteiger partial charge on any atom is -0.481 e. The van der Waals surface area contributed by atoms with Crippen molar-refractivity contribution in [2.75, 3.05) is 6.79 Å². The van der Waals surface area contributed by atoms with Crippen molar-refractivity contribution in [2.24, 2.45) is 11.8 Å². The van der Waals surface area contributed by atoms with E-state index < -0.39 is 11.9 Å². The minimum atomic E-state index is -0.841. The molecule has 1 aromatic heterocycles. The van der Waals surface area contributed by atoms with Crippen LogP contribution in [-0.2, 0) is 16.1 Å². The monoisotopic (exact) mass is 359 g/mol. The Balaban J connectivity index is 1.35. The van der Waals surface area contributed by atoms with Crippen molar-refractivity contribution in [2.45, 2.75) is 25.8 Å². The van der Waals surface area contributed by atoms with Gasteiger partial charge < -0.3 is 24.4 Å². The molecule has 0 saturated heterocycles. The van der Waals surface area contributed by atoms with E-state index in [0.717, 1.165) is 0 Å². The summed E-state index contributed by atoms with van der Waals surface area (Å²) in [6.45, 7) is 0.310. The van der Waals surface area contributed by atoms with Gasteiger partial charge in [-0.1, -0.05) is 5.16 Å². The molecular weight excluding hydrogens is 342 g/mol. The van der Waals surface area contributed by atoms with Crippen molar-refractivity contribution < 1.29 is 28.7 Å². The van der Waals surface area contributed by atoms with Crippen molar-refractivity contribution in [3.63, 3.8) is 0 Å². The Bertz CT molecular complexity index is 849. The summed E-state index contributed by atoms with van der Waals surface area (Å²) in [6.07, 6.45) is 1.48. The minimum absolute atomic E-state index is 0.126. The number of rotatable bonds is 5. The molecule has 136 valence electrons. The van der Waals surface area contributed by atoms with Gasteiger partial charge in [0.2, 0.25) is 12.7 Å². The van der Waals surface area contributed by atoms with Gasteiger partial charge in [-0.3, -0.25) is 9.59 Å². The van der Waals surface area contributed by atoms with Gasteiger partial charge in [0.05, 0.1) is 12.5 Å². The zero-order valence-electron chi connectivity index (χ0n) is 13.8. The van der Waals surface area contributed by atoms with Crippen LogP contribution in [0.5, 0.6) is 11.5 Å². The van der Waals surface area contributed by atoms with Gasteiger partial charge in [-0.15, -0.1) is 0 Å². The molecule has 2 atom stereocenters. The van der Waals surface area contributed by atoms with Gasteiger partial charge in [0.1, 0.15) is 0 Å². The molecule has 26 heavy (non-hydrogen) atoms. The second kappa shape index (κ2) is 6.66. The van der Waals surface area contributed by atoms with Crippen LogP contribution in [0, 0.1) is 11.8 Å². The average molecular weight is 359 g/mol. The molecule has 2 aromatic rings. The molecule has 0 bridgehead atoms. The zero-order valence-corrected chi connectivity index (χ0v) is 13.8. The van der Waals surface area contributed by atoms with Gasteiger partial charge in [0.25, 0.3) is 5.89 Å². The molecule has 0 radical (unpaired) electrons. The zero-order chi connectivity index (χ0) is 18.1. The standard InChI is InChI=1S/C17H17N3O6/c21-15(9-1-2-11(5-9)17(22)23)18-7-14-19-16(26-20-14)10-3-4-12-13(6-10)25-8-24-12/h3-4,6,9,11H,1-2,5,7-8H2,(H,18,21)(H,22,23)/t9-,11+/m0/s1. The van der Waals surface area contributed by atoms with Crippen molar-refractivity contribution in [3.8, 4) is 23.0 Å². The molecule has 1 aromatic carbocycles. The van der Waals surface area contributed by atoms with Crippen LogP contribution < -0.4 is 14.8 Å². The van der Waals surface area contributed by atoms with E-state index in [4.69, 9.17) is 19.1 Å². The number of aromatic nitrogens is 2. The van der Waals surface area contributed by atoms with E-state index in [-0.39, 0.29) is 25.2 Å². The average Bonchev–Trinajstić information content (AvgIpc) is 3.38. The van der Waals surface area contributed by atoms with Crippen molar-refractivity contribution in [1.82, 2.24) is 15.5 Å². The van der Waals surface area contributed by atoms with Crippen LogP contribution >= 0.6 is 0 Å². The van der Waals surface area contributed by atoms with E-state index in [1.807, 2.05) is 0 Å². The Kier molecular flexibility index (Phi) is 4.19. The molecule has 1 aliphatic carbocycles. The van der Waals surface area contributed by atoms with Crippen LogP contribution in [0.3, 0.4) is 0 Å². The molecular formula is C17H17N3O6. The Labute approximate surface area is 148 Å². The fraction of sp³-hybridized carbons (Fsp3) is 0.412. The molecule has 1 aliphatic heterocycles. The number of fused-ring (bicyclic) bond motifs is 1. The molecule has 2 heterocycles. The summed E-state index contributed by atoms with van der Waals surface area (Å²) in [5.41, 5.74) is 0.694. The molecule has 2 aliphatic rings. The van der Waals surface area contributed by atoms with Crippen molar-refractivity contribution in [1.29, 1.82) is 0 Å². The van der Waals surface area contributed by atoms with Crippen LogP contribution in [0.15, 0.2) is 22.7 Å². The molecule has 1 saturated carbocycles. The van der Waals surface area contributed by atoms with E-state index in [9.17, 15) is 9.59 Å². The number of carbonyl (C=O) groups excluding carboxylic acids is 1. The third-order valence-corrected chi connectivity index (χ3v) is 4.66. The highest BCUT2D eigenvalue weighted by molar-refractivity contribution is 5.80. The number of nitrogens with zero attached hydrogens (tertiary/aromatic N) is 2. The van der Waals surface area contributed by atoms with Crippen LogP contribution in [0.4, 0.5) is 0 Å². The first-order valence-corrected chi connectivity index (χ1v) is 8.33. The second-order valence-corrected chi connectivity index (χ2v) is 6.35. The van der Waals surface area contributed by atoms with Gasteiger partial charge >= 0.3 is 5.97 Å². The van der Waals surface area contributed by atoms with E-state index >= 15 is 0 Å². The maximum atomic E-state index is 12.2. The third kappa shape index (κ3) is 3.19. The fourth-order valence-corrected chi connectivity index (χ4v) is 3.23. The molecule has 2 N–H and O–H groups in total. The fourth-order valence-electron chi connectivity index (χ4n) is 3.23. The first-order valence-electron chi connectivity index (χ1n) is 8.33. The maximum absolute atomic E-state index is 12.2. The number of carboxylic acids is 1. The summed E-state index contributed by atoms with van der Waals surface area (Å²) in [6, 6.07) is 5.30. The van der Waals surface area contributed by atoms with Crippen LogP contribution in [0.25, 0.3) is 11.5 Å². The summed E-state index contributed by atoms with van der Waals surface area (Å²) in [5.74, 6) is 0.208. The lowest BCUT2D eigenvalue weighted by Crippen LogP contribution is -2.29. The smallest absolute Gasteiger partial charge is 0.306 e. The van der Waals surface area contributed by atoms with Gasteiger partial charge in [0.15, 0.2) is 17.3 Å². The molecule has 0 spiro atoms. The quantitative estimate of drug-likeness (QED) is 0.825. The van der Waals surface area contributed by atoms with Gasteiger partial charge in [-0.2, -0.15) is 4.98 Å². The van der Waals surface area contributed by atoms with E-state index in [2.05, 4.69) is 15.5 Å². The van der Waals surface area contributed by atoms with Crippen LogP contribution in [0.2, 0.25) is 0 Å². The molecule has 1 amide bonds. The SMILES string of the molecule is O=C(O)[C@@H]1CC[C@H](C(=O)NCc2noc(-c3ccc4c(c3)OCO4)n2)C1. The predicted molar refractivity (Wildman–Crippen MR) is 86.2 cm³/mol. The summed E-state index contributed by atoms with van der Waals surface area (Å²) < 4.78 is 15.8. The predicted octanol–water partition coefficient (Wildman–Crippen LogP) is 1.58. The highest BCUT2D eigenvalue weighted by Crippen LogP contribution is 2.35. The number of nitrogens with one attached hydrogen (secondary N) is 1. The summed E-state index contributed by atoms with van der Waals surface area (Å²) in [5, 5.41) is 15.6. The Morgan fingerprint density at radius 2 is 2.00 bits per heavy atom. The summed E-state index contributed by atoms with van der Waals surface area (Å²) in [7, 11) is 0. The lowest BCUT2D eigenvalue weighted by Gasteiger charge is -2.09. The Morgan fingerprint density at radius 1 is 1.19 bits per heavy atom. The van der Waals surface area contributed by atoms with Gasteiger partial charge in [-0.05, 0) is 37.5 Å². The lowest BCUT2D eigenvalue weighted by molar-refractivity contribution is -0.141. The van der Waals surface area contributed by atoms with Crippen molar-refractivity contribution in [3.05, 3.63) is 24.0 Å². The van der Waals surface area contributed by atoms with Crippen LogP contribution in [-0.4, -0.2) is 33.9 Å². The Morgan fingerprint density at radius 3 is 2.81 bits per heavy atom. The topological polar surface area (TPSA) is 124 Å². The molecule has 0 unspecified atom stereocenters. The number of ether oxygens (including phenoxy) is 2. The summed E-state index contributed by atoms with van der Waals surface area (Å²) >= 11 is 0. The van der Waals surface area contributed by atoms with Gasteiger partial charge in [0, 0.05) is 11.5 Å². The number of amides is 1. The second-order valence-electron chi connectivity index (χ2n) is 6.35. The normalized spacial score (nSPS) is 20.9. The number of aliphatic carboxylic acids is 1. The lowest BCUT2D eigenvalue weighted by atomic mass is 10.0. The first-order chi connectivity index (χ1) is 12.6. The largest absolute Gasteiger partial charge is 0.481 e. The highest BCUT2D eigenvalue weighted by Gasteiger charge is 2.33.